The lowest BCUT2D eigenvalue weighted by Gasteiger charge is -2.19. The molecule has 0 saturated heterocycles. The van der Waals surface area contributed by atoms with Crippen molar-refractivity contribution in [3.8, 4) is 5.75 Å². The van der Waals surface area contributed by atoms with Crippen LogP contribution >= 0.6 is 0 Å². The smallest absolute Gasteiger partial charge is 0.330 e. The lowest BCUT2D eigenvalue weighted by Crippen LogP contribution is -2.34. The summed E-state index contributed by atoms with van der Waals surface area (Å²) >= 11 is 0. The molecule has 24 heavy (non-hydrogen) atoms. The highest BCUT2D eigenvalue weighted by Gasteiger charge is 2.25. The first-order valence-corrected chi connectivity index (χ1v) is 7.59. The van der Waals surface area contributed by atoms with E-state index in [4.69, 9.17) is 4.74 Å². The van der Waals surface area contributed by atoms with Crippen molar-refractivity contribution in [3.05, 3.63) is 64.2 Å². The Morgan fingerprint density at radius 2 is 1.79 bits per heavy atom. The molecule has 0 saturated carbocycles. The maximum atomic E-state index is 12.5. The highest BCUT2D eigenvalue weighted by atomic mass is 16.5. The summed E-state index contributed by atoms with van der Waals surface area (Å²) in [6.45, 7) is 5.55. The Labute approximate surface area is 141 Å². The van der Waals surface area contributed by atoms with Crippen LogP contribution in [0.5, 0.6) is 5.75 Å². The van der Waals surface area contributed by atoms with Crippen molar-refractivity contribution >= 4 is 11.9 Å². The molecule has 1 amide bonds. The molecule has 126 valence electrons. The number of carbonyl (C=O) groups excluding carboxylic acids is 1. The average molecular weight is 327 g/mol. The molecule has 2 aromatic rings. The molecule has 5 heteroatoms. The van der Waals surface area contributed by atoms with E-state index in [9.17, 15) is 14.7 Å². The number of carboxylic acid groups (broad SMARTS) is 1. The number of aliphatic carboxylic acids is 1. The average Bonchev–Trinajstić information content (AvgIpc) is 2.54. The number of rotatable bonds is 5. The van der Waals surface area contributed by atoms with Gasteiger partial charge >= 0.3 is 5.97 Å². The standard InChI is InChI=1S/C19H21NO4/c1-11-6-5-7-16(13(11)3)17(19(22)23)20-18(21)15-9-8-14(24-4)10-12(15)2/h5-10,17H,1-4H3,(H,20,21)(H,22,23). The van der Waals surface area contributed by atoms with Crippen LogP contribution in [-0.4, -0.2) is 24.1 Å². The van der Waals surface area contributed by atoms with Gasteiger partial charge in [0.2, 0.25) is 0 Å². The van der Waals surface area contributed by atoms with E-state index >= 15 is 0 Å². The fourth-order valence-corrected chi connectivity index (χ4v) is 2.59. The van der Waals surface area contributed by atoms with Gasteiger partial charge in [-0.2, -0.15) is 0 Å². The molecule has 0 aliphatic rings. The monoisotopic (exact) mass is 327 g/mol. The first-order valence-electron chi connectivity index (χ1n) is 7.59. The molecule has 1 unspecified atom stereocenters. The Hall–Kier alpha value is -2.82. The van der Waals surface area contributed by atoms with Crippen LogP contribution in [0.15, 0.2) is 36.4 Å². The van der Waals surface area contributed by atoms with Gasteiger partial charge in [-0.05, 0) is 61.2 Å². The molecule has 0 fully saturated rings. The van der Waals surface area contributed by atoms with Gasteiger partial charge in [0.05, 0.1) is 7.11 Å². The molecule has 0 bridgehead atoms. The number of carbonyl (C=O) groups is 2. The lowest BCUT2D eigenvalue weighted by atomic mass is 9.97. The summed E-state index contributed by atoms with van der Waals surface area (Å²) in [6.07, 6.45) is 0. The van der Waals surface area contributed by atoms with Gasteiger partial charge in [-0.15, -0.1) is 0 Å². The molecule has 0 aromatic heterocycles. The molecule has 2 rings (SSSR count). The number of hydrogen-bond donors (Lipinski definition) is 2. The summed E-state index contributed by atoms with van der Waals surface area (Å²) in [4.78, 5) is 24.2. The molecular formula is C19H21NO4. The van der Waals surface area contributed by atoms with Crippen molar-refractivity contribution < 1.29 is 19.4 Å². The lowest BCUT2D eigenvalue weighted by molar-refractivity contribution is -0.139. The number of amides is 1. The van der Waals surface area contributed by atoms with Crippen LogP contribution in [-0.2, 0) is 4.79 Å². The molecule has 2 N–H and O–H groups in total. The molecule has 1 atom stereocenters. The zero-order chi connectivity index (χ0) is 17.9. The third kappa shape index (κ3) is 3.56. The number of carboxylic acids is 1. The summed E-state index contributed by atoms with van der Waals surface area (Å²) in [5.74, 6) is -0.875. The van der Waals surface area contributed by atoms with Crippen molar-refractivity contribution in [3.63, 3.8) is 0 Å². The molecular weight excluding hydrogens is 306 g/mol. The van der Waals surface area contributed by atoms with Gasteiger partial charge in [0.1, 0.15) is 5.75 Å². The van der Waals surface area contributed by atoms with Gasteiger partial charge in [0, 0.05) is 5.56 Å². The van der Waals surface area contributed by atoms with Crippen molar-refractivity contribution in [2.75, 3.05) is 7.11 Å². The van der Waals surface area contributed by atoms with Gasteiger partial charge in [-0.1, -0.05) is 18.2 Å². The van der Waals surface area contributed by atoms with E-state index in [1.54, 1.807) is 44.4 Å². The Kier molecular flexibility index (Phi) is 5.24. The van der Waals surface area contributed by atoms with Crippen LogP contribution in [0.25, 0.3) is 0 Å². The molecule has 5 nitrogen and oxygen atoms in total. The maximum absolute atomic E-state index is 12.5. The summed E-state index contributed by atoms with van der Waals surface area (Å²) in [5, 5.41) is 12.2. The summed E-state index contributed by atoms with van der Waals surface area (Å²) < 4.78 is 5.12. The number of ether oxygens (including phenoxy) is 1. The van der Waals surface area contributed by atoms with Gasteiger partial charge < -0.3 is 15.2 Å². The van der Waals surface area contributed by atoms with E-state index in [2.05, 4.69) is 5.32 Å². The van der Waals surface area contributed by atoms with Crippen molar-refractivity contribution in [2.24, 2.45) is 0 Å². The predicted octanol–water partition coefficient (Wildman–Crippen LogP) is 3.18. The fraction of sp³-hybridized carbons (Fsp3) is 0.263. The number of nitrogens with one attached hydrogen (secondary N) is 1. The van der Waals surface area contributed by atoms with Crippen LogP contribution in [0.4, 0.5) is 0 Å². The largest absolute Gasteiger partial charge is 0.497 e. The van der Waals surface area contributed by atoms with Crippen LogP contribution < -0.4 is 10.1 Å². The first kappa shape index (κ1) is 17.5. The fourth-order valence-electron chi connectivity index (χ4n) is 2.59. The molecule has 0 aliphatic heterocycles. The number of methoxy groups -OCH3 is 1. The third-order valence-corrected chi connectivity index (χ3v) is 4.16. The minimum atomic E-state index is -1.10. The molecule has 0 aliphatic carbocycles. The van der Waals surface area contributed by atoms with E-state index in [1.807, 2.05) is 19.9 Å². The van der Waals surface area contributed by atoms with E-state index in [0.717, 1.165) is 16.7 Å². The number of aryl methyl sites for hydroxylation is 2. The third-order valence-electron chi connectivity index (χ3n) is 4.16. The van der Waals surface area contributed by atoms with E-state index in [0.29, 0.717) is 16.9 Å². The van der Waals surface area contributed by atoms with Gasteiger partial charge in [0.15, 0.2) is 6.04 Å². The van der Waals surface area contributed by atoms with Crippen LogP contribution in [0.1, 0.15) is 38.7 Å². The normalized spacial score (nSPS) is 11.7. The van der Waals surface area contributed by atoms with Gasteiger partial charge in [-0.3, -0.25) is 4.79 Å². The van der Waals surface area contributed by atoms with Crippen LogP contribution in [0.3, 0.4) is 0 Å². The maximum Gasteiger partial charge on any atom is 0.330 e. The Balaban J connectivity index is 2.33. The second-order valence-electron chi connectivity index (χ2n) is 5.71. The van der Waals surface area contributed by atoms with Crippen molar-refractivity contribution in [1.29, 1.82) is 0 Å². The molecule has 0 heterocycles. The highest BCUT2D eigenvalue weighted by Crippen LogP contribution is 2.22. The summed E-state index contributed by atoms with van der Waals surface area (Å²) in [7, 11) is 1.55. The predicted molar refractivity (Wildman–Crippen MR) is 91.5 cm³/mol. The molecule has 2 aromatic carbocycles. The number of benzene rings is 2. The van der Waals surface area contributed by atoms with Crippen LogP contribution in [0, 0.1) is 20.8 Å². The van der Waals surface area contributed by atoms with E-state index in [-0.39, 0.29) is 0 Å². The Morgan fingerprint density at radius 3 is 2.38 bits per heavy atom. The summed E-state index contributed by atoms with van der Waals surface area (Å²) in [5.41, 5.74) is 3.57. The first-order chi connectivity index (χ1) is 11.3. The molecule has 0 radical (unpaired) electrons. The second kappa shape index (κ2) is 7.17. The van der Waals surface area contributed by atoms with E-state index < -0.39 is 17.9 Å². The summed E-state index contributed by atoms with van der Waals surface area (Å²) in [6, 6.07) is 9.37. The van der Waals surface area contributed by atoms with Crippen LogP contribution in [0.2, 0.25) is 0 Å². The SMILES string of the molecule is COc1ccc(C(=O)NC(C(=O)O)c2cccc(C)c2C)c(C)c1. The molecule has 0 spiro atoms. The Bertz CT molecular complexity index is 783. The van der Waals surface area contributed by atoms with E-state index in [1.165, 1.54) is 0 Å². The minimum Gasteiger partial charge on any atom is -0.497 e. The van der Waals surface area contributed by atoms with Crippen molar-refractivity contribution in [1.82, 2.24) is 5.32 Å². The topological polar surface area (TPSA) is 75.6 Å². The second-order valence-corrected chi connectivity index (χ2v) is 5.71. The zero-order valence-electron chi connectivity index (χ0n) is 14.2. The van der Waals surface area contributed by atoms with Gasteiger partial charge in [-0.25, -0.2) is 4.79 Å². The number of hydrogen-bond acceptors (Lipinski definition) is 3. The zero-order valence-corrected chi connectivity index (χ0v) is 14.2. The van der Waals surface area contributed by atoms with Gasteiger partial charge in [0.25, 0.3) is 5.91 Å². The minimum absolute atomic E-state index is 0.423. The van der Waals surface area contributed by atoms with Crippen molar-refractivity contribution in [2.45, 2.75) is 26.8 Å². The Morgan fingerprint density at radius 1 is 1.08 bits per heavy atom. The highest BCUT2D eigenvalue weighted by molar-refractivity contribution is 5.98. The quantitative estimate of drug-likeness (QED) is 0.884.